The fourth-order valence-electron chi connectivity index (χ4n) is 3.40. The van der Waals surface area contributed by atoms with Gasteiger partial charge in [0.1, 0.15) is 5.82 Å². The van der Waals surface area contributed by atoms with Gasteiger partial charge in [0.25, 0.3) is 0 Å². The highest BCUT2D eigenvalue weighted by Gasteiger charge is 2.23. The van der Waals surface area contributed by atoms with Gasteiger partial charge in [-0.05, 0) is 49.9 Å². The summed E-state index contributed by atoms with van der Waals surface area (Å²) in [7, 11) is 0. The lowest BCUT2D eigenvalue weighted by molar-refractivity contribution is 0.00199. The highest BCUT2D eigenvalue weighted by Crippen LogP contribution is 2.35. The van der Waals surface area contributed by atoms with Gasteiger partial charge in [0.2, 0.25) is 5.82 Å². The Hall–Kier alpha value is -2.01. The van der Waals surface area contributed by atoms with Crippen LogP contribution in [0.1, 0.15) is 44.6 Å². The third-order valence-corrected chi connectivity index (χ3v) is 4.93. The topological polar surface area (TPSA) is 18.5 Å². The molecule has 5 heteroatoms. The Morgan fingerprint density at radius 2 is 1.77 bits per heavy atom. The smallest absolute Gasteiger partial charge is 0.201 e. The second-order valence-electron chi connectivity index (χ2n) is 6.55. The maximum Gasteiger partial charge on any atom is 0.201 e. The van der Waals surface area contributed by atoms with E-state index in [0.717, 1.165) is 24.8 Å². The molecule has 0 amide bonds. The number of hydrogen-bond donors (Lipinski definition) is 0. The van der Waals surface area contributed by atoms with Crippen molar-refractivity contribution in [1.82, 2.24) is 0 Å². The Kier molecular flexibility index (Phi) is 5.87. The molecule has 0 bridgehead atoms. The van der Waals surface area contributed by atoms with E-state index in [2.05, 4.69) is 6.92 Å². The lowest BCUT2D eigenvalue weighted by atomic mass is 9.89. The SMILES string of the molecule is CCOc1ccc(-c2ccc(C3CCC(CC)OC3)cc2F)c(F)c1F. The van der Waals surface area contributed by atoms with E-state index >= 15 is 0 Å². The van der Waals surface area contributed by atoms with Crippen LogP contribution in [0.2, 0.25) is 0 Å². The third-order valence-electron chi connectivity index (χ3n) is 4.93. The van der Waals surface area contributed by atoms with Crippen molar-refractivity contribution in [2.45, 2.75) is 45.1 Å². The summed E-state index contributed by atoms with van der Waals surface area (Å²) in [6.45, 7) is 4.55. The quantitative estimate of drug-likeness (QED) is 0.663. The molecule has 3 rings (SSSR count). The predicted octanol–water partition coefficient (Wildman–Crippen LogP) is 5.84. The van der Waals surface area contributed by atoms with Crippen molar-refractivity contribution in [3.8, 4) is 16.9 Å². The standard InChI is InChI=1S/C21H23F3O2/c1-3-15-7-5-14(12-26-15)13-6-8-16(18(22)11-13)17-9-10-19(25-4-2)21(24)20(17)23/h6,8-11,14-15H,3-5,7,12H2,1-2H3. The van der Waals surface area contributed by atoms with Gasteiger partial charge < -0.3 is 9.47 Å². The van der Waals surface area contributed by atoms with E-state index in [1.54, 1.807) is 13.0 Å². The van der Waals surface area contributed by atoms with Crippen LogP contribution < -0.4 is 4.74 Å². The second kappa shape index (κ2) is 8.12. The molecule has 140 valence electrons. The van der Waals surface area contributed by atoms with Crippen molar-refractivity contribution >= 4 is 0 Å². The Labute approximate surface area is 151 Å². The lowest BCUT2D eigenvalue weighted by Gasteiger charge is -2.28. The van der Waals surface area contributed by atoms with Crippen molar-refractivity contribution in [3.63, 3.8) is 0 Å². The number of rotatable bonds is 5. The zero-order chi connectivity index (χ0) is 18.7. The van der Waals surface area contributed by atoms with Gasteiger partial charge in [-0.1, -0.05) is 19.1 Å². The van der Waals surface area contributed by atoms with E-state index < -0.39 is 17.5 Å². The predicted molar refractivity (Wildman–Crippen MR) is 94.9 cm³/mol. The van der Waals surface area contributed by atoms with Gasteiger partial charge in [0.05, 0.1) is 19.3 Å². The van der Waals surface area contributed by atoms with E-state index in [1.807, 2.05) is 0 Å². The molecule has 1 saturated heterocycles. The summed E-state index contributed by atoms with van der Waals surface area (Å²) < 4.78 is 53.9. The van der Waals surface area contributed by atoms with E-state index in [0.29, 0.717) is 6.61 Å². The Balaban J connectivity index is 1.85. The van der Waals surface area contributed by atoms with Crippen LogP contribution in [0.4, 0.5) is 13.2 Å². The second-order valence-corrected chi connectivity index (χ2v) is 6.55. The number of hydrogen-bond acceptors (Lipinski definition) is 2. The van der Waals surface area contributed by atoms with Gasteiger partial charge in [-0.15, -0.1) is 0 Å². The Morgan fingerprint density at radius 1 is 1.00 bits per heavy atom. The monoisotopic (exact) mass is 364 g/mol. The molecule has 26 heavy (non-hydrogen) atoms. The first-order valence-corrected chi connectivity index (χ1v) is 9.07. The van der Waals surface area contributed by atoms with Crippen molar-refractivity contribution < 1.29 is 22.6 Å². The molecule has 2 aromatic rings. The van der Waals surface area contributed by atoms with Gasteiger partial charge in [-0.2, -0.15) is 4.39 Å². The summed E-state index contributed by atoms with van der Waals surface area (Å²) in [6.07, 6.45) is 3.13. The summed E-state index contributed by atoms with van der Waals surface area (Å²) in [4.78, 5) is 0. The van der Waals surface area contributed by atoms with Crippen molar-refractivity contribution in [2.75, 3.05) is 13.2 Å². The van der Waals surface area contributed by atoms with Crippen LogP contribution in [0.15, 0.2) is 30.3 Å². The zero-order valence-electron chi connectivity index (χ0n) is 15.0. The summed E-state index contributed by atoms with van der Waals surface area (Å²) in [5.41, 5.74) is 0.755. The molecule has 2 atom stereocenters. The van der Waals surface area contributed by atoms with Gasteiger partial charge in [0, 0.05) is 17.0 Å². The van der Waals surface area contributed by atoms with Gasteiger partial charge in [-0.25, -0.2) is 8.78 Å². The molecule has 2 nitrogen and oxygen atoms in total. The van der Waals surface area contributed by atoms with E-state index in [-0.39, 0.29) is 35.5 Å². The minimum absolute atomic E-state index is 0.0383. The molecule has 0 radical (unpaired) electrons. The minimum Gasteiger partial charge on any atom is -0.491 e. The average molecular weight is 364 g/mol. The molecule has 2 unspecified atom stereocenters. The average Bonchev–Trinajstić information content (AvgIpc) is 2.66. The van der Waals surface area contributed by atoms with Crippen LogP contribution in [0, 0.1) is 17.5 Å². The Bertz CT molecular complexity index is 768. The van der Waals surface area contributed by atoms with Crippen molar-refractivity contribution in [2.24, 2.45) is 0 Å². The number of halogens is 3. The lowest BCUT2D eigenvalue weighted by Crippen LogP contribution is -2.24. The van der Waals surface area contributed by atoms with E-state index in [1.165, 1.54) is 24.3 Å². The molecule has 0 aliphatic carbocycles. The molecule has 2 aromatic carbocycles. The fraction of sp³-hybridized carbons (Fsp3) is 0.429. The highest BCUT2D eigenvalue weighted by molar-refractivity contribution is 5.66. The van der Waals surface area contributed by atoms with Crippen LogP contribution in [0.25, 0.3) is 11.1 Å². The molecular formula is C21H23F3O2. The molecule has 0 N–H and O–H groups in total. The first kappa shape index (κ1) is 18.8. The van der Waals surface area contributed by atoms with Crippen molar-refractivity contribution in [3.05, 3.63) is 53.3 Å². The highest BCUT2D eigenvalue weighted by atomic mass is 19.2. The van der Waals surface area contributed by atoms with Crippen LogP contribution in [0.5, 0.6) is 5.75 Å². The summed E-state index contributed by atoms with van der Waals surface area (Å²) in [5, 5.41) is 0. The minimum atomic E-state index is -1.10. The molecule has 0 aromatic heterocycles. The fourth-order valence-corrected chi connectivity index (χ4v) is 3.40. The molecule has 1 heterocycles. The van der Waals surface area contributed by atoms with Crippen molar-refractivity contribution in [1.29, 1.82) is 0 Å². The Morgan fingerprint density at radius 3 is 2.38 bits per heavy atom. The van der Waals surface area contributed by atoms with Crippen LogP contribution in [0.3, 0.4) is 0 Å². The van der Waals surface area contributed by atoms with E-state index in [9.17, 15) is 13.2 Å². The first-order chi connectivity index (χ1) is 12.5. The molecular weight excluding hydrogens is 341 g/mol. The molecule has 0 spiro atoms. The third kappa shape index (κ3) is 3.73. The van der Waals surface area contributed by atoms with Gasteiger partial charge in [0.15, 0.2) is 11.6 Å². The maximum atomic E-state index is 14.6. The van der Waals surface area contributed by atoms with Crippen LogP contribution >= 0.6 is 0 Å². The normalized spacial score (nSPS) is 20.2. The van der Waals surface area contributed by atoms with Gasteiger partial charge in [-0.3, -0.25) is 0 Å². The zero-order valence-corrected chi connectivity index (χ0v) is 15.0. The molecule has 1 fully saturated rings. The molecule has 1 aliphatic heterocycles. The number of ether oxygens (including phenoxy) is 2. The molecule has 1 aliphatic rings. The molecule has 0 saturated carbocycles. The van der Waals surface area contributed by atoms with Gasteiger partial charge >= 0.3 is 0 Å². The van der Waals surface area contributed by atoms with Crippen LogP contribution in [-0.2, 0) is 4.74 Å². The maximum absolute atomic E-state index is 14.6. The van der Waals surface area contributed by atoms with E-state index in [4.69, 9.17) is 9.47 Å². The van der Waals surface area contributed by atoms with Crippen LogP contribution in [-0.4, -0.2) is 19.3 Å². The summed E-state index contributed by atoms with van der Waals surface area (Å²) in [5.74, 6) is -2.81. The largest absolute Gasteiger partial charge is 0.491 e. The summed E-state index contributed by atoms with van der Waals surface area (Å²) >= 11 is 0. The summed E-state index contributed by atoms with van der Waals surface area (Å²) in [6, 6.07) is 7.35. The first-order valence-electron chi connectivity index (χ1n) is 9.07. The number of benzene rings is 2.